The number of hydrogen-bond donors (Lipinski definition) is 2. The molecule has 0 saturated carbocycles. The summed E-state index contributed by atoms with van der Waals surface area (Å²) in [5.74, 6) is -0.703. The van der Waals surface area contributed by atoms with E-state index in [9.17, 15) is 9.59 Å². The van der Waals surface area contributed by atoms with Crippen molar-refractivity contribution in [2.24, 2.45) is 5.92 Å². The minimum absolute atomic E-state index is 0.00762. The van der Waals surface area contributed by atoms with Crippen molar-refractivity contribution in [3.63, 3.8) is 0 Å². The molecule has 104 valence electrons. The number of hydrogen-bond acceptors (Lipinski definition) is 3. The number of likely N-dealkylation sites (tertiary alicyclic amines) is 1. The minimum Gasteiger partial charge on any atom is -0.481 e. The molecule has 5 nitrogen and oxygen atoms in total. The number of amides is 1. The Morgan fingerprint density at radius 3 is 2.61 bits per heavy atom. The number of carboxylic acid groups (broad SMARTS) is 1. The lowest BCUT2D eigenvalue weighted by atomic mass is 9.95. The fourth-order valence-corrected chi connectivity index (χ4v) is 2.20. The highest BCUT2D eigenvalue weighted by Gasteiger charge is 2.27. The molecule has 0 aromatic rings. The zero-order chi connectivity index (χ0) is 13.8. The van der Waals surface area contributed by atoms with E-state index in [0.717, 1.165) is 19.4 Å². The number of piperidine rings is 1. The van der Waals surface area contributed by atoms with Crippen LogP contribution in [-0.4, -0.2) is 47.1 Å². The molecule has 1 aliphatic heterocycles. The number of aliphatic carboxylic acids is 1. The molecule has 0 aromatic heterocycles. The maximum absolute atomic E-state index is 12.0. The summed E-state index contributed by atoms with van der Waals surface area (Å²) >= 11 is 0. The Morgan fingerprint density at radius 1 is 1.39 bits per heavy atom. The van der Waals surface area contributed by atoms with Crippen molar-refractivity contribution in [2.45, 2.75) is 45.6 Å². The Labute approximate surface area is 109 Å². The number of nitrogens with zero attached hydrogens (tertiary/aromatic N) is 1. The lowest BCUT2D eigenvalue weighted by molar-refractivity contribution is -0.137. The molecule has 1 amide bonds. The van der Waals surface area contributed by atoms with Crippen molar-refractivity contribution in [1.29, 1.82) is 0 Å². The molecule has 1 atom stereocenters. The predicted molar refractivity (Wildman–Crippen MR) is 69.3 cm³/mol. The molecule has 0 radical (unpaired) electrons. The zero-order valence-electron chi connectivity index (χ0n) is 11.5. The Kier molecular flexibility index (Phi) is 5.14. The normalized spacial score (nSPS) is 21.6. The SMILES string of the molecule is CC(C)(C)NC(=O)C1CCCN(CCC(=O)O)C1. The molecule has 1 heterocycles. The molecule has 5 heteroatoms. The van der Waals surface area contributed by atoms with Gasteiger partial charge in [-0.1, -0.05) is 0 Å². The van der Waals surface area contributed by atoms with Crippen LogP contribution in [0.1, 0.15) is 40.0 Å². The predicted octanol–water partition coefficient (Wildman–Crippen LogP) is 1.09. The van der Waals surface area contributed by atoms with Crippen LogP contribution in [0.15, 0.2) is 0 Å². The molecule has 0 aromatic carbocycles. The zero-order valence-corrected chi connectivity index (χ0v) is 11.5. The molecule has 2 N–H and O–H groups in total. The van der Waals surface area contributed by atoms with E-state index in [1.54, 1.807) is 0 Å². The van der Waals surface area contributed by atoms with Gasteiger partial charge in [0.25, 0.3) is 0 Å². The van der Waals surface area contributed by atoms with Gasteiger partial charge in [0.15, 0.2) is 0 Å². The van der Waals surface area contributed by atoms with Gasteiger partial charge in [-0.2, -0.15) is 0 Å². The van der Waals surface area contributed by atoms with Crippen LogP contribution in [0.5, 0.6) is 0 Å². The van der Waals surface area contributed by atoms with Crippen LogP contribution < -0.4 is 5.32 Å². The highest BCUT2D eigenvalue weighted by molar-refractivity contribution is 5.79. The second kappa shape index (κ2) is 6.18. The van der Waals surface area contributed by atoms with Gasteiger partial charge in [0, 0.05) is 18.6 Å². The van der Waals surface area contributed by atoms with E-state index in [0.29, 0.717) is 13.1 Å². The van der Waals surface area contributed by atoms with E-state index >= 15 is 0 Å². The third-order valence-electron chi connectivity index (χ3n) is 3.02. The number of carbonyl (C=O) groups excluding carboxylic acids is 1. The number of nitrogens with one attached hydrogen (secondary N) is 1. The number of carboxylic acids is 1. The molecule has 18 heavy (non-hydrogen) atoms. The van der Waals surface area contributed by atoms with Gasteiger partial charge in [-0.3, -0.25) is 9.59 Å². The Balaban J connectivity index is 2.43. The van der Waals surface area contributed by atoms with Crippen molar-refractivity contribution in [2.75, 3.05) is 19.6 Å². The molecular weight excluding hydrogens is 232 g/mol. The van der Waals surface area contributed by atoms with E-state index in [2.05, 4.69) is 10.2 Å². The van der Waals surface area contributed by atoms with Crippen LogP contribution in [0.4, 0.5) is 0 Å². The summed E-state index contributed by atoms with van der Waals surface area (Å²) in [4.78, 5) is 24.7. The maximum atomic E-state index is 12.0. The number of carbonyl (C=O) groups is 2. The van der Waals surface area contributed by atoms with Crippen molar-refractivity contribution >= 4 is 11.9 Å². The van der Waals surface area contributed by atoms with Crippen LogP contribution in [0.3, 0.4) is 0 Å². The summed E-state index contributed by atoms with van der Waals surface area (Å²) in [6.45, 7) is 8.01. The van der Waals surface area contributed by atoms with Gasteiger partial charge in [-0.15, -0.1) is 0 Å². The molecule has 1 rings (SSSR count). The van der Waals surface area contributed by atoms with E-state index in [4.69, 9.17) is 5.11 Å². The van der Waals surface area contributed by atoms with E-state index in [1.165, 1.54) is 0 Å². The number of rotatable bonds is 4. The van der Waals surface area contributed by atoms with Gasteiger partial charge in [0.1, 0.15) is 0 Å². The van der Waals surface area contributed by atoms with Crippen LogP contribution in [0.2, 0.25) is 0 Å². The first kappa shape index (κ1) is 15.0. The van der Waals surface area contributed by atoms with Gasteiger partial charge in [-0.25, -0.2) is 0 Å². The highest BCUT2D eigenvalue weighted by Crippen LogP contribution is 2.17. The molecular formula is C13H24N2O3. The Morgan fingerprint density at radius 2 is 2.06 bits per heavy atom. The summed E-state index contributed by atoms with van der Waals surface area (Å²) in [6, 6.07) is 0. The fraction of sp³-hybridized carbons (Fsp3) is 0.846. The van der Waals surface area contributed by atoms with Crippen molar-refractivity contribution in [1.82, 2.24) is 10.2 Å². The minimum atomic E-state index is -0.781. The lowest BCUT2D eigenvalue weighted by Crippen LogP contribution is -2.48. The fourth-order valence-electron chi connectivity index (χ4n) is 2.20. The molecule has 1 unspecified atom stereocenters. The van der Waals surface area contributed by atoms with E-state index < -0.39 is 5.97 Å². The van der Waals surface area contributed by atoms with Crippen molar-refractivity contribution in [3.8, 4) is 0 Å². The van der Waals surface area contributed by atoms with Gasteiger partial charge >= 0.3 is 5.97 Å². The molecule has 1 saturated heterocycles. The van der Waals surface area contributed by atoms with Crippen LogP contribution in [0.25, 0.3) is 0 Å². The van der Waals surface area contributed by atoms with Gasteiger partial charge in [0.2, 0.25) is 5.91 Å². The third-order valence-corrected chi connectivity index (χ3v) is 3.02. The van der Waals surface area contributed by atoms with Gasteiger partial charge in [-0.05, 0) is 40.2 Å². The van der Waals surface area contributed by atoms with Gasteiger partial charge < -0.3 is 15.3 Å². The standard InChI is InChI=1S/C13H24N2O3/c1-13(2,3)14-12(18)10-5-4-7-15(9-10)8-6-11(16)17/h10H,4-9H2,1-3H3,(H,14,18)(H,16,17). The van der Waals surface area contributed by atoms with Gasteiger partial charge in [0.05, 0.1) is 12.3 Å². The molecule has 0 aliphatic carbocycles. The molecule has 0 bridgehead atoms. The summed E-state index contributed by atoms with van der Waals surface area (Å²) in [5.41, 5.74) is -0.208. The third kappa shape index (κ3) is 5.49. The van der Waals surface area contributed by atoms with Crippen LogP contribution in [-0.2, 0) is 9.59 Å². The van der Waals surface area contributed by atoms with Crippen molar-refractivity contribution < 1.29 is 14.7 Å². The largest absolute Gasteiger partial charge is 0.481 e. The average Bonchev–Trinajstić information content (AvgIpc) is 2.24. The smallest absolute Gasteiger partial charge is 0.304 e. The highest BCUT2D eigenvalue weighted by atomic mass is 16.4. The monoisotopic (exact) mass is 256 g/mol. The second-order valence-corrected chi connectivity index (χ2v) is 6.02. The summed E-state index contributed by atoms with van der Waals surface area (Å²) < 4.78 is 0. The second-order valence-electron chi connectivity index (χ2n) is 6.02. The first-order valence-electron chi connectivity index (χ1n) is 6.54. The first-order valence-corrected chi connectivity index (χ1v) is 6.54. The Bertz CT molecular complexity index is 310. The molecule has 0 spiro atoms. The summed E-state index contributed by atoms with van der Waals surface area (Å²) in [6.07, 6.45) is 2.00. The first-order chi connectivity index (χ1) is 8.28. The summed E-state index contributed by atoms with van der Waals surface area (Å²) in [7, 11) is 0. The van der Waals surface area contributed by atoms with E-state index in [-0.39, 0.29) is 23.8 Å². The topological polar surface area (TPSA) is 69.6 Å². The average molecular weight is 256 g/mol. The molecule has 1 aliphatic rings. The summed E-state index contributed by atoms with van der Waals surface area (Å²) in [5, 5.41) is 11.7. The van der Waals surface area contributed by atoms with Crippen molar-refractivity contribution in [3.05, 3.63) is 0 Å². The maximum Gasteiger partial charge on any atom is 0.304 e. The quantitative estimate of drug-likeness (QED) is 0.790. The lowest BCUT2D eigenvalue weighted by Gasteiger charge is -2.33. The molecule has 1 fully saturated rings. The van der Waals surface area contributed by atoms with Crippen LogP contribution in [0, 0.1) is 5.92 Å². The van der Waals surface area contributed by atoms with E-state index in [1.807, 2.05) is 20.8 Å². The Hall–Kier alpha value is -1.10. The van der Waals surface area contributed by atoms with Crippen LogP contribution >= 0.6 is 0 Å².